The quantitative estimate of drug-likeness (QED) is 0.0193. The van der Waals surface area contributed by atoms with Gasteiger partial charge in [-0.2, -0.15) is 8.42 Å². The maximum atomic E-state index is 13.1. The number of amides is 1. The highest BCUT2D eigenvalue weighted by Crippen LogP contribution is 2.26. The largest absolute Gasteiger partial charge is 0.397 e. The fourth-order valence-corrected chi connectivity index (χ4v) is 9.38. The van der Waals surface area contributed by atoms with Crippen LogP contribution >= 0.6 is 0 Å². The Bertz CT molecular complexity index is 1210. The average molecular weight is 948 g/mol. The van der Waals surface area contributed by atoms with Gasteiger partial charge in [-0.1, -0.05) is 225 Å². The summed E-state index contributed by atoms with van der Waals surface area (Å²) in [6.45, 7) is 3.47. The number of hydrogen-bond donors (Lipinski definition) is 6. The zero-order valence-electron chi connectivity index (χ0n) is 41.6. The summed E-state index contributed by atoms with van der Waals surface area (Å²) in [5.41, 5.74) is 0. The number of carbonyl (C=O) groups is 1. The van der Waals surface area contributed by atoms with Crippen LogP contribution in [0.25, 0.3) is 0 Å². The van der Waals surface area contributed by atoms with E-state index in [1.54, 1.807) is 0 Å². The van der Waals surface area contributed by atoms with E-state index in [2.05, 4.69) is 35.5 Å². The van der Waals surface area contributed by atoms with Gasteiger partial charge in [0.2, 0.25) is 5.91 Å². The number of nitrogens with one attached hydrogen (secondary N) is 1. The Labute approximate surface area is 398 Å². The molecule has 12 nitrogen and oxygen atoms in total. The first-order valence-corrected chi connectivity index (χ1v) is 28.4. The van der Waals surface area contributed by atoms with Crippen molar-refractivity contribution in [1.82, 2.24) is 5.32 Å². The minimum absolute atomic E-state index is 0.229. The SMILES string of the molecule is CCCCCCCCCCCCCC/C=C\CCCCCCCCCCCC(=O)NC(COC1OC(CO)C(O)C(OS(=O)(=O)O)C1O)C(O)CCCCCCCCCCCCCCC. The Morgan fingerprint density at radius 1 is 0.600 bits per heavy atom. The lowest BCUT2D eigenvalue weighted by Crippen LogP contribution is -2.61. The zero-order chi connectivity index (χ0) is 47.6. The van der Waals surface area contributed by atoms with E-state index in [0.717, 1.165) is 51.4 Å². The predicted molar refractivity (Wildman–Crippen MR) is 264 cm³/mol. The average Bonchev–Trinajstić information content (AvgIpc) is 3.28. The first-order valence-electron chi connectivity index (χ1n) is 27.1. The van der Waals surface area contributed by atoms with Crippen LogP contribution in [0.2, 0.25) is 0 Å². The Morgan fingerprint density at radius 2 is 0.985 bits per heavy atom. The molecular weight excluding hydrogens is 847 g/mol. The molecule has 1 aliphatic heterocycles. The third-order valence-electron chi connectivity index (χ3n) is 13.1. The third-order valence-corrected chi connectivity index (χ3v) is 13.5. The Morgan fingerprint density at radius 3 is 1.38 bits per heavy atom. The predicted octanol–water partition coefficient (Wildman–Crippen LogP) is 11.9. The lowest BCUT2D eigenvalue weighted by molar-refractivity contribution is -0.298. The fraction of sp³-hybridized carbons (Fsp3) is 0.942. The molecule has 0 aromatic heterocycles. The van der Waals surface area contributed by atoms with Crippen molar-refractivity contribution < 1.29 is 51.8 Å². The van der Waals surface area contributed by atoms with Gasteiger partial charge < -0.3 is 35.2 Å². The first-order chi connectivity index (χ1) is 31.5. The molecule has 7 unspecified atom stereocenters. The van der Waals surface area contributed by atoms with Gasteiger partial charge in [0, 0.05) is 6.42 Å². The maximum absolute atomic E-state index is 13.1. The molecule has 0 aromatic carbocycles. The van der Waals surface area contributed by atoms with E-state index >= 15 is 0 Å². The fourth-order valence-electron chi connectivity index (χ4n) is 8.87. The van der Waals surface area contributed by atoms with Crippen molar-refractivity contribution in [2.75, 3.05) is 13.2 Å². The summed E-state index contributed by atoms with van der Waals surface area (Å²) < 4.78 is 47.8. The summed E-state index contributed by atoms with van der Waals surface area (Å²) in [4.78, 5) is 13.1. The molecule has 6 N–H and O–H groups in total. The Kier molecular flexibility index (Phi) is 40.8. The van der Waals surface area contributed by atoms with Crippen molar-refractivity contribution in [3.63, 3.8) is 0 Å². The molecule has 1 heterocycles. The van der Waals surface area contributed by atoms with Gasteiger partial charge in [0.25, 0.3) is 0 Å². The molecule has 13 heteroatoms. The van der Waals surface area contributed by atoms with E-state index in [0.29, 0.717) is 12.8 Å². The highest BCUT2D eigenvalue weighted by molar-refractivity contribution is 7.80. The topological polar surface area (TPSA) is 192 Å². The molecule has 1 aliphatic rings. The van der Waals surface area contributed by atoms with Crippen molar-refractivity contribution in [2.24, 2.45) is 0 Å². The molecule has 386 valence electrons. The zero-order valence-corrected chi connectivity index (χ0v) is 42.4. The van der Waals surface area contributed by atoms with E-state index in [4.69, 9.17) is 9.47 Å². The molecule has 0 aromatic rings. The molecule has 1 rings (SSSR count). The van der Waals surface area contributed by atoms with Crippen LogP contribution in [0.1, 0.15) is 258 Å². The minimum atomic E-state index is -5.08. The molecule has 0 saturated carbocycles. The van der Waals surface area contributed by atoms with Crippen LogP contribution in [0, 0.1) is 0 Å². The van der Waals surface area contributed by atoms with Gasteiger partial charge in [0.15, 0.2) is 6.29 Å². The van der Waals surface area contributed by atoms with Crippen LogP contribution in [0.3, 0.4) is 0 Å². The molecule has 0 spiro atoms. The standard InChI is InChI=1S/C52H101NO11S/c1-3-5-7-9-11-13-15-17-18-19-20-21-22-23-24-25-26-27-28-30-32-34-36-38-40-42-48(56)53-45(46(55)41-39-37-35-33-31-29-16-14-12-10-8-6-4-2)44-62-52-50(58)51(64-65(59,60)61)49(57)47(43-54)63-52/h23-24,45-47,49-52,54-55,57-58H,3-22,25-44H2,1-2H3,(H,53,56)(H,59,60,61)/b24-23-. The van der Waals surface area contributed by atoms with Gasteiger partial charge in [-0.25, -0.2) is 4.18 Å². The molecular formula is C52H101NO11S. The van der Waals surface area contributed by atoms with E-state index in [-0.39, 0.29) is 12.5 Å². The van der Waals surface area contributed by atoms with Gasteiger partial charge in [0.1, 0.15) is 24.4 Å². The number of allylic oxidation sites excluding steroid dienone is 2. The van der Waals surface area contributed by atoms with Crippen molar-refractivity contribution in [3.8, 4) is 0 Å². The number of unbranched alkanes of at least 4 members (excludes halogenated alkanes) is 33. The lowest BCUT2D eigenvalue weighted by Gasteiger charge is -2.41. The molecule has 1 amide bonds. The second-order valence-electron chi connectivity index (χ2n) is 19.2. The number of aliphatic hydroxyl groups excluding tert-OH is 4. The van der Waals surface area contributed by atoms with Crippen molar-refractivity contribution in [1.29, 1.82) is 0 Å². The van der Waals surface area contributed by atoms with Crippen molar-refractivity contribution >= 4 is 16.3 Å². The van der Waals surface area contributed by atoms with Gasteiger partial charge in [-0.05, 0) is 38.5 Å². The minimum Gasteiger partial charge on any atom is -0.394 e. The highest BCUT2D eigenvalue weighted by atomic mass is 32.3. The molecule has 65 heavy (non-hydrogen) atoms. The lowest BCUT2D eigenvalue weighted by atomic mass is 9.99. The van der Waals surface area contributed by atoms with Crippen LogP contribution < -0.4 is 5.32 Å². The number of rotatable bonds is 47. The molecule has 0 radical (unpaired) electrons. The van der Waals surface area contributed by atoms with Gasteiger partial charge in [-0.15, -0.1) is 0 Å². The number of carbonyl (C=O) groups excluding carboxylic acids is 1. The second-order valence-corrected chi connectivity index (χ2v) is 20.2. The van der Waals surface area contributed by atoms with E-state index in [1.807, 2.05) is 0 Å². The molecule has 0 bridgehead atoms. The van der Waals surface area contributed by atoms with Crippen LogP contribution in [-0.4, -0.2) is 95.4 Å². The van der Waals surface area contributed by atoms with Crippen molar-refractivity contribution in [3.05, 3.63) is 12.2 Å². The smallest absolute Gasteiger partial charge is 0.394 e. The van der Waals surface area contributed by atoms with Gasteiger partial charge in [0.05, 0.1) is 25.4 Å². The molecule has 1 fully saturated rings. The monoisotopic (exact) mass is 948 g/mol. The maximum Gasteiger partial charge on any atom is 0.397 e. The summed E-state index contributed by atoms with van der Waals surface area (Å²) >= 11 is 0. The van der Waals surface area contributed by atoms with E-state index in [9.17, 15) is 38.2 Å². The normalized spacial score (nSPS) is 20.1. The summed E-state index contributed by atoms with van der Waals surface area (Å²) in [5, 5.41) is 45.0. The van der Waals surface area contributed by atoms with Gasteiger partial charge >= 0.3 is 10.4 Å². The first kappa shape index (κ1) is 61.9. The summed E-state index contributed by atoms with van der Waals surface area (Å²) in [6.07, 6.45) is 40.8. The molecule has 1 saturated heterocycles. The van der Waals surface area contributed by atoms with Crippen LogP contribution in [0.4, 0.5) is 0 Å². The number of hydrogen-bond acceptors (Lipinski definition) is 10. The number of ether oxygens (including phenoxy) is 2. The Hall–Kier alpha value is -1.16. The van der Waals surface area contributed by atoms with Crippen LogP contribution in [-0.2, 0) is 28.9 Å². The van der Waals surface area contributed by atoms with Crippen LogP contribution in [0.5, 0.6) is 0 Å². The van der Waals surface area contributed by atoms with E-state index < -0.39 is 59.9 Å². The summed E-state index contributed by atoms with van der Waals surface area (Å²) in [7, 11) is -5.08. The molecule has 7 atom stereocenters. The third kappa shape index (κ3) is 35.6. The summed E-state index contributed by atoms with van der Waals surface area (Å²) in [6, 6.07) is -0.856. The molecule has 0 aliphatic carbocycles. The Balaban J connectivity index is 2.34. The van der Waals surface area contributed by atoms with Gasteiger partial charge in [-0.3, -0.25) is 9.35 Å². The van der Waals surface area contributed by atoms with Crippen LogP contribution in [0.15, 0.2) is 12.2 Å². The van der Waals surface area contributed by atoms with Crippen molar-refractivity contribution in [2.45, 2.75) is 301 Å². The second kappa shape index (κ2) is 42.9. The van der Waals surface area contributed by atoms with E-state index in [1.165, 1.54) is 180 Å². The summed E-state index contributed by atoms with van der Waals surface area (Å²) in [5.74, 6) is -0.229. The number of aliphatic hydroxyl groups is 4. The highest BCUT2D eigenvalue weighted by Gasteiger charge is 2.48.